The number of carbonyl (C=O) groups is 1. The summed E-state index contributed by atoms with van der Waals surface area (Å²) in [5.74, 6) is -0.0175. The summed E-state index contributed by atoms with van der Waals surface area (Å²) in [4.78, 5) is 17.7. The molecule has 1 aromatic heterocycles. The maximum Gasteiger partial charge on any atom is 0.244 e. The molecular weight excluding hydrogens is 226 g/mol. The molecule has 1 N–H and O–H groups in total. The number of nitrogens with one attached hydrogen (secondary N) is 1. The Kier molecular flexibility index (Phi) is 2.48. The molecule has 1 aromatic carbocycles. The SMILES string of the molecule is Cc1ccc(N2CC(=O)Nc3cnccc32)cc1. The van der Waals surface area contributed by atoms with Crippen LogP contribution in [0.1, 0.15) is 5.56 Å². The number of hydrogen-bond donors (Lipinski definition) is 1. The third kappa shape index (κ3) is 1.82. The van der Waals surface area contributed by atoms with E-state index >= 15 is 0 Å². The van der Waals surface area contributed by atoms with Crippen LogP contribution in [-0.2, 0) is 4.79 Å². The first kappa shape index (κ1) is 10.8. The molecule has 0 saturated heterocycles. The third-order valence-electron chi connectivity index (χ3n) is 3.01. The van der Waals surface area contributed by atoms with Crippen molar-refractivity contribution in [3.05, 3.63) is 48.3 Å². The predicted molar refractivity (Wildman–Crippen MR) is 71.1 cm³/mol. The molecule has 4 heteroatoms. The van der Waals surface area contributed by atoms with Gasteiger partial charge in [-0.2, -0.15) is 0 Å². The molecule has 0 bridgehead atoms. The molecule has 0 fully saturated rings. The summed E-state index contributed by atoms with van der Waals surface area (Å²) in [5.41, 5.74) is 3.96. The number of nitrogens with zero attached hydrogens (tertiary/aromatic N) is 2. The Morgan fingerprint density at radius 3 is 2.78 bits per heavy atom. The molecule has 2 aromatic rings. The molecule has 90 valence electrons. The highest BCUT2D eigenvalue weighted by Crippen LogP contribution is 2.33. The minimum Gasteiger partial charge on any atom is -0.330 e. The molecule has 4 nitrogen and oxygen atoms in total. The van der Waals surface area contributed by atoms with E-state index in [4.69, 9.17) is 0 Å². The normalized spacial score (nSPS) is 14.1. The molecule has 0 aliphatic carbocycles. The summed E-state index contributed by atoms with van der Waals surface area (Å²) < 4.78 is 0. The lowest BCUT2D eigenvalue weighted by atomic mass is 10.1. The van der Waals surface area contributed by atoms with Crippen molar-refractivity contribution in [2.24, 2.45) is 0 Å². The van der Waals surface area contributed by atoms with Gasteiger partial charge in [0.05, 0.1) is 17.6 Å². The highest BCUT2D eigenvalue weighted by molar-refractivity contribution is 6.02. The van der Waals surface area contributed by atoms with Crippen LogP contribution in [0.4, 0.5) is 17.1 Å². The molecule has 1 aliphatic rings. The molecule has 0 atom stereocenters. The Morgan fingerprint density at radius 2 is 2.00 bits per heavy atom. The van der Waals surface area contributed by atoms with Gasteiger partial charge in [0.2, 0.25) is 5.91 Å². The quantitative estimate of drug-likeness (QED) is 0.831. The maximum absolute atomic E-state index is 11.7. The van der Waals surface area contributed by atoms with Crippen LogP contribution in [0.25, 0.3) is 0 Å². The fourth-order valence-electron chi connectivity index (χ4n) is 2.09. The average Bonchev–Trinajstić information content (AvgIpc) is 2.38. The highest BCUT2D eigenvalue weighted by Gasteiger charge is 2.22. The van der Waals surface area contributed by atoms with Gasteiger partial charge in [0.1, 0.15) is 6.54 Å². The van der Waals surface area contributed by atoms with E-state index in [1.807, 2.05) is 42.2 Å². The van der Waals surface area contributed by atoms with Gasteiger partial charge in [0, 0.05) is 11.9 Å². The summed E-state index contributed by atoms with van der Waals surface area (Å²) in [5, 5.41) is 2.83. The van der Waals surface area contributed by atoms with Gasteiger partial charge in [0.15, 0.2) is 0 Å². The van der Waals surface area contributed by atoms with Crippen LogP contribution in [0, 0.1) is 6.92 Å². The number of fused-ring (bicyclic) bond motifs is 1. The number of carbonyl (C=O) groups excluding carboxylic acids is 1. The number of aromatic nitrogens is 1. The molecule has 2 heterocycles. The summed E-state index contributed by atoms with van der Waals surface area (Å²) in [6.45, 7) is 2.38. The first-order valence-electron chi connectivity index (χ1n) is 5.82. The molecule has 3 rings (SSSR count). The number of pyridine rings is 1. The fraction of sp³-hybridized carbons (Fsp3) is 0.143. The molecule has 1 aliphatic heterocycles. The topological polar surface area (TPSA) is 45.2 Å². The van der Waals surface area contributed by atoms with Gasteiger partial charge in [-0.15, -0.1) is 0 Å². The Hall–Kier alpha value is -2.36. The number of aryl methyl sites for hydroxylation is 1. The monoisotopic (exact) mass is 239 g/mol. The average molecular weight is 239 g/mol. The van der Waals surface area contributed by atoms with Crippen LogP contribution >= 0.6 is 0 Å². The third-order valence-corrected chi connectivity index (χ3v) is 3.01. The minimum atomic E-state index is -0.0175. The van der Waals surface area contributed by atoms with Gasteiger partial charge in [-0.1, -0.05) is 17.7 Å². The van der Waals surface area contributed by atoms with E-state index in [9.17, 15) is 4.79 Å². The van der Waals surface area contributed by atoms with E-state index in [-0.39, 0.29) is 5.91 Å². The molecule has 0 unspecified atom stereocenters. The van der Waals surface area contributed by atoms with E-state index in [1.165, 1.54) is 5.56 Å². The zero-order valence-electron chi connectivity index (χ0n) is 10.1. The van der Waals surface area contributed by atoms with Crippen LogP contribution in [-0.4, -0.2) is 17.4 Å². The van der Waals surface area contributed by atoms with E-state index < -0.39 is 0 Å². The second-order valence-electron chi connectivity index (χ2n) is 4.36. The predicted octanol–water partition coefficient (Wildman–Crippen LogP) is 2.48. The van der Waals surface area contributed by atoms with Gasteiger partial charge in [0.25, 0.3) is 0 Å². The lowest BCUT2D eigenvalue weighted by Gasteiger charge is -2.30. The van der Waals surface area contributed by atoms with E-state index in [0.29, 0.717) is 6.54 Å². The smallest absolute Gasteiger partial charge is 0.244 e. The fourth-order valence-corrected chi connectivity index (χ4v) is 2.09. The lowest BCUT2D eigenvalue weighted by Crippen LogP contribution is -2.35. The molecule has 18 heavy (non-hydrogen) atoms. The molecule has 0 radical (unpaired) electrons. The van der Waals surface area contributed by atoms with Crippen LogP contribution in [0.3, 0.4) is 0 Å². The van der Waals surface area contributed by atoms with Crippen molar-refractivity contribution < 1.29 is 4.79 Å². The van der Waals surface area contributed by atoms with Gasteiger partial charge in [-0.05, 0) is 25.1 Å². The van der Waals surface area contributed by atoms with E-state index in [2.05, 4.69) is 10.3 Å². The van der Waals surface area contributed by atoms with Gasteiger partial charge in [-0.3, -0.25) is 9.78 Å². The standard InChI is InChI=1S/C14H13N3O/c1-10-2-4-11(5-3-10)17-9-14(18)16-12-8-15-7-6-13(12)17/h2-8H,9H2,1H3,(H,16,18). The van der Waals surface area contributed by atoms with Crippen molar-refractivity contribution in [3.63, 3.8) is 0 Å². The summed E-state index contributed by atoms with van der Waals surface area (Å²) >= 11 is 0. The van der Waals surface area contributed by atoms with Gasteiger partial charge >= 0.3 is 0 Å². The number of amides is 1. The van der Waals surface area contributed by atoms with Crippen molar-refractivity contribution in [2.75, 3.05) is 16.8 Å². The Balaban J connectivity index is 2.07. The van der Waals surface area contributed by atoms with Crippen molar-refractivity contribution in [3.8, 4) is 0 Å². The Bertz CT molecular complexity index is 592. The van der Waals surface area contributed by atoms with Crippen LogP contribution in [0.5, 0.6) is 0 Å². The summed E-state index contributed by atoms with van der Waals surface area (Å²) in [6, 6.07) is 10.1. The number of anilines is 3. The largest absolute Gasteiger partial charge is 0.330 e. The van der Waals surface area contributed by atoms with Crippen molar-refractivity contribution in [2.45, 2.75) is 6.92 Å². The lowest BCUT2D eigenvalue weighted by molar-refractivity contribution is -0.115. The maximum atomic E-state index is 11.7. The van der Waals surface area contributed by atoms with E-state index in [1.54, 1.807) is 12.4 Å². The van der Waals surface area contributed by atoms with E-state index in [0.717, 1.165) is 17.1 Å². The number of rotatable bonds is 1. The van der Waals surface area contributed by atoms with Crippen molar-refractivity contribution in [1.29, 1.82) is 0 Å². The van der Waals surface area contributed by atoms with Crippen LogP contribution in [0.2, 0.25) is 0 Å². The number of hydrogen-bond acceptors (Lipinski definition) is 3. The highest BCUT2D eigenvalue weighted by atomic mass is 16.2. The first-order chi connectivity index (χ1) is 8.74. The van der Waals surface area contributed by atoms with Crippen LogP contribution in [0.15, 0.2) is 42.7 Å². The Labute approximate surface area is 105 Å². The molecule has 0 saturated carbocycles. The van der Waals surface area contributed by atoms with Gasteiger partial charge < -0.3 is 10.2 Å². The van der Waals surface area contributed by atoms with Crippen molar-refractivity contribution >= 4 is 23.0 Å². The second-order valence-corrected chi connectivity index (χ2v) is 4.36. The Morgan fingerprint density at radius 1 is 1.22 bits per heavy atom. The van der Waals surface area contributed by atoms with Gasteiger partial charge in [-0.25, -0.2) is 0 Å². The zero-order valence-corrected chi connectivity index (χ0v) is 10.1. The molecular formula is C14H13N3O. The molecule has 1 amide bonds. The minimum absolute atomic E-state index is 0.0175. The molecule has 0 spiro atoms. The zero-order chi connectivity index (χ0) is 12.5. The second kappa shape index (κ2) is 4.14. The van der Waals surface area contributed by atoms with Crippen molar-refractivity contribution in [1.82, 2.24) is 4.98 Å². The first-order valence-corrected chi connectivity index (χ1v) is 5.82. The number of benzene rings is 1. The summed E-state index contributed by atoms with van der Waals surface area (Å²) in [6.07, 6.45) is 3.41. The summed E-state index contributed by atoms with van der Waals surface area (Å²) in [7, 11) is 0. The van der Waals surface area contributed by atoms with Crippen LogP contribution < -0.4 is 10.2 Å².